The van der Waals surface area contributed by atoms with Gasteiger partial charge in [-0.15, -0.1) is 11.3 Å². The summed E-state index contributed by atoms with van der Waals surface area (Å²) >= 11 is 1.82. The molecule has 0 bridgehead atoms. The third kappa shape index (κ3) is 4.83. The predicted octanol–water partition coefficient (Wildman–Crippen LogP) is 4.26. The second kappa shape index (κ2) is 8.50. The van der Waals surface area contributed by atoms with Crippen molar-refractivity contribution >= 4 is 23.1 Å². The number of nitrogens with zero attached hydrogens (tertiary/aromatic N) is 2. The standard InChI is InChI=1S/C20H27N3OS/c1-16(2)18-7-3-4-8-19(18)21-20(24)23-13-11-22(12-14-23)10-9-17-6-5-15-25-17/h3-8,15-16H,9-14H2,1-2H3,(H,21,24). The highest BCUT2D eigenvalue weighted by Gasteiger charge is 2.21. The lowest BCUT2D eigenvalue weighted by Crippen LogP contribution is -2.50. The van der Waals surface area contributed by atoms with Crippen LogP contribution in [0.1, 0.15) is 30.2 Å². The summed E-state index contributed by atoms with van der Waals surface area (Å²) in [7, 11) is 0. The molecule has 4 nitrogen and oxygen atoms in total. The molecule has 0 saturated carbocycles. The lowest BCUT2D eigenvalue weighted by molar-refractivity contribution is 0.148. The van der Waals surface area contributed by atoms with Gasteiger partial charge in [-0.05, 0) is 35.4 Å². The van der Waals surface area contributed by atoms with E-state index in [1.807, 2.05) is 34.4 Å². The van der Waals surface area contributed by atoms with E-state index in [0.717, 1.165) is 44.8 Å². The number of anilines is 1. The molecule has 5 heteroatoms. The number of nitrogens with one attached hydrogen (secondary N) is 1. The highest BCUT2D eigenvalue weighted by Crippen LogP contribution is 2.24. The first-order valence-corrected chi connectivity index (χ1v) is 9.91. The molecule has 1 aromatic carbocycles. The number of hydrogen-bond donors (Lipinski definition) is 1. The Kier molecular flexibility index (Phi) is 6.10. The van der Waals surface area contributed by atoms with Crippen molar-refractivity contribution in [2.45, 2.75) is 26.2 Å². The third-order valence-corrected chi connectivity index (χ3v) is 5.67. The van der Waals surface area contributed by atoms with Gasteiger partial charge in [-0.25, -0.2) is 4.79 Å². The van der Waals surface area contributed by atoms with Crippen LogP contribution in [0.2, 0.25) is 0 Å². The maximum Gasteiger partial charge on any atom is 0.321 e. The molecule has 0 unspecified atom stereocenters. The molecule has 1 aromatic heterocycles. The molecule has 0 radical (unpaired) electrons. The molecular weight excluding hydrogens is 330 g/mol. The van der Waals surface area contributed by atoms with Crippen molar-refractivity contribution in [3.05, 3.63) is 52.2 Å². The zero-order valence-electron chi connectivity index (χ0n) is 15.1. The first-order chi connectivity index (χ1) is 12.1. The van der Waals surface area contributed by atoms with E-state index < -0.39 is 0 Å². The van der Waals surface area contributed by atoms with Gasteiger partial charge >= 0.3 is 6.03 Å². The number of urea groups is 1. The SMILES string of the molecule is CC(C)c1ccccc1NC(=O)N1CCN(CCc2cccs2)CC1. The van der Waals surface area contributed by atoms with Crippen molar-refractivity contribution < 1.29 is 4.79 Å². The number of rotatable bonds is 5. The molecule has 0 spiro atoms. The van der Waals surface area contributed by atoms with Crippen molar-refractivity contribution in [1.29, 1.82) is 0 Å². The maximum atomic E-state index is 12.6. The first-order valence-electron chi connectivity index (χ1n) is 9.03. The summed E-state index contributed by atoms with van der Waals surface area (Å²) in [6, 6.07) is 12.4. The topological polar surface area (TPSA) is 35.6 Å². The van der Waals surface area contributed by atoms with E-state index in [2.05, 4.69) is 47.6 Å². The van der Waals surface area contributed by atoms with Crippen LogP contribution in [0.15, 0.2) is 41.8 Å². The van der Waals surface area contributed by atoms with Gasteiger partial charge < -0.3 is 10.2 Å². The molecule has 1 N–H and O–H groups in total. The van der Waals surface area contributed by atoms with Gasteiger partial charge in [-0.3, -0.25) is 4.90 Å². The molecule has 0 aliphatic carbocycles. The van der Waals surface area contributed by atoms with Crippen molar-refractivity contribution in [2.24, 2.45) is 0 Å². The highest BCUT2D eigenvalue weighted by atomic mass is 32.1. The summed E-state index contributed by atoms with van der Waals surface area (Å²) in [5.41, 5.74) is 2.12. The summed E-state index contributed by atoms with van der Waals surface area (Å²) in [6.07, 6.45) is 1.10. The number of piperazine rings is 1. The smallest absolute Gasteiger partial charge is 0.321 e. The van der Waals surface area contributed by atoms with Crippen molar-refractivity contribution in [1.82, 2.24) is 9.80 Å². The number of amides is 2. The van der Waals surface area contributed by atoms with Crippen molar-refractivity contribution in [3.63, 3.8) is 0 Å². The number of carbonyl (C=O) groups excluding carboxylic acids is 1. The zero-order chi connectivity index (χ0) is 17.6. The van der Waals surface area contributed by atoms with Crippen LogP contribution in [-0.2, 0) is 6.42 Å². The molecule has 3 rings (SSSR count). The van der Waals surface area contributed by atoms with Gasteiger partial charge in [0.05, 0.1) is 0 Å². The van der Waals surface area contributed by atoms with E-state index in [-0.39, 0.29) is 6.03 Å². The molecule has 0 atom stereocenters. The van der Waals surface area contributed by atoms with Gasteiger partial charge in [0, 0.05) is 43.3 Å². The molecular formula is C20H27N3OS. The van der Waals surface area contributed by atoms with E-state index in [1.54, 1.807) is 0 Å². The Morgan fingerprint density at radius 2 is 1.88 bits per heavy atom. The fourth-order valence-electron chi connectivity index (χ4n) is 3.21. The fraction of sp³-hybridized carbons (Fsp3) is 0.450. The van der Waals surface area contributed by atoms with Crippen LogP contribution in [-0.4, -0.2) is 48.6 Å². The number of thiophene rings is 1. The molecule has 2 amide bonds. The predicted molar refractivity (Wildman–Crippen MR) is 106 cm³/mol. The van der Waals surface area contributed by atoms with Gasteiger partial charge in [-0.2, -0.15) is 0 Å². The zero-order valence-corrected chi connectivity index (χ0v) is 15.9. The molecule has 2 heterocycles. The molecule has 134 valence electrons. The summed E-state index contributed by atoms with van der Waals surface area (Å²) < 4.78 is 0. The van der Waals surface area contributed by atoms with Crippen LogP contribution in [0, 0.1) is 0 Å². The van der Waals surface area contributed by atoms with E-state index >= 15 is 0 Å². The van der Waals surface area contributed by atoms with E-state index in [0.29, 0.717) is 5.92 Å². The van der Waals surface area contributed by atoms with Crippen LogP contribution in [0.25, 0.3) is 0 Å². The minimum absolute atomic E-state index is 0.0195. The number of benzene rings is 1. The minimum atomic E-state index is 0.0195. The highest BCUT2D eigenvalue weighted by molar-refractivity contribution is 7.09. The van der Waals surface area contributed by atoms with Gasteiger partial charge in [0.25, 0.3) is 0 Å². The normalized spacial score (nSPS) is 15.6. The quantitative estimate of drug-likeness (QED) is 0.868. The Morgan fingerprint density at radius 3 is 2.56 bits per heavy atom. The Labute approximate surface area is 154 Å². The summed E-state index contributed by atoms with van der Waals surface area (Å²) in [5, 5.41) is 5.23. The van der Waals surface area contributed by atoms with E-state index in [4.69, 9.17) is 0 Å². The van der Waals surface area contributed by atoms with Crippen LogP contribution in [0.5, 0.6) is 0 Å². The van der Waals surface area contributed by atoms with Gasteiger partial charge in [0.15, 0.2) is 0 Å². The van der Waals surface area contributed by atoms with Crippen molar-refractivity contribution in [2.75, 3.05) is 38.0 Å². The van der Waals surface area contributed by atoms with Gasteiger partial charge in [-0.1, -0.05) is 38.1 Å². The van der Waals surface area contributed by atoms with Crippen molar-refractivity contribution in [3.8, 4) is 0 Å². The monoisotopic (exact) mass is 357 g/mol. The Hall–Kier alpha value is -1.85. The molecule has 1 saturated heterocycles. The second-order valence-electron chi connectivity index (χ2n) is 6.83. The van der Waals surface area contributed by atoms with Crippen LogP contribution in [0.4, 0.5) is 10.5 Å². The average molecular weight is 358 g/mol. The lowest BCUT2D eigenvalue weighted by Gasteiger charge is -2.34. The summed E-state index contributed by atoms with van der Waals surface area (Å²) in [4.78, 5) is 18.4. The van der Waals surface area contributed by atoms with Crippen LogP contribution in [0.3, 0.4) is 0 Å². The third-order valence-electron chi connectivity index (χ3n) is 4.74. The van der Waals surface area contributed by atoms with Gasteiger partial charge in [0.1, 0.15) is 0 Å². The molecule has 1 fully saturated rings. The Bertz CT molecular complexity index is 676. The molecule has 1 aliphatic rings. The molecule has 25 heavy (non-hydrogen) atoms. The fourth-order valence-corrected chi connectivity index (χ4v) is 3.90. The van der Waals surface area contributed by atoms with E-state index in [1.165, 1.54) is 10.4 Å². The molecule has 1 aliphatic heterocycles. The summed E-state index contributed by atoms with van der Waals surface area (Å²) in [6.45, 7) is 8.86. The van der Waals surface area contributed by atoms with Gasteiger partial charge in [0.2, 0.25) is 0 Å². The van der Waals surface area contributed by atoms with E-state index in [9.17, 15) is 4.79 Å². The second-order valence-corrected chi connectivity index (χ2v) is 7.86. The lowest BCUT2D eigenvalue weighted by atomic mass is 10.0. The average Bonchev–Trinajstić information content (AvgIpc) is 3.14. The summed E-state index contributed by atoms with van der Waals surface area (Å²) in [5.74, 6) is 0.394. The Balaban J connectivity index is 1.48. The minimum Gasteiger partial charge on any atom is -0.322 e. The number of hydrogen-bond acceptors (Lipinski definition) is 3. The van der Waals surface area contributed by atoms with Crippen LogP contribution < -0.4 is 5.32 Å². The Morgan fingerprint density at radius 1 is 1.12 bits per heavy atom. The molecule has 2 aromatic rings. The first kappa shape index (κ1) is 18.0. The number of para-hydroxylation sites is 1. The number of carbonyl (C=O) groups is 1. The maximum absolute atomic E-state index is 12.6. The largest absolute Gasteiger partial charge is 0.322 e. The van der Waals surface area contributed by atoms with Crippen LogP contribution >= 0.6 is 11.3 Å².